The third-order valence-electron chi connectivity index (χ3n) is 5.26. The monoisotopic (exact) mass is 405 g/mol. The number of hydrogen-bond acceptors (Lipinski definition) is 4. The summed E-state index contributed by atoms with van der Waals surface area (Å²) in [5.74, 6) is -0.446. The molecule has 0 bridgehead atoms. The van der Waals surface area contributed by atoms with Crippen molar-refractivity contribution in [1.29, 1.82) is 0 Å². The van der Waals surface area contributed by atoms with Gasteiger partial charge in [0.1, 0.15) is 6.04 Å². The lowest BCUT2D eigenvalue weighted by atomic mass is 10.1. The van der Waals surface area contributed by atoms with Gasteiger partial charge >= 0.3 is 6.03 Å². The highest BCUT2D eigenvalue weighted by Gasteiger charge is 2.37. The second kappa shape index (κ2) is 8.77. The lowest BCUT2D eigenvalue weighted by molar-refractivity contribution is -0.127. The number of carbonyl (C=O) groups is 3. The molecule has 1 fully saturated rings. The molecule has 2 aromatic heterocycles. The standard InChI is InChI=1S/C22H23N5O3/c28-20(25-13-15-4-3-10-23-12-15)8-7-19-21(29)27(22(30)26-19)11-9-16-14-24-18-6-2-1-5-17(16)18/h1-6,10,12,14,19,24H,7-9,11,13H2,(H,25,28)(H,26,30)/t19-/m1/s1. The molecule has 4 amide bonds. The molecule has 30 heavy (non-hydrogen) atoms. The fourth-order valence-electron chi connectivity index (χ4n) is 3.62. The van der Waals surface area contributed by atoms with E-state index in [9.17, 15) is 14.4 Å². The number of hydrogen-bond donors (Lipinski definition) is 3. The highest BCUT2D eigenvalue weighted by molar-refractivity contribution is 6.04. The Labute approximate surface area is 173 Å². The molecule has 1 aromatic carbocycles. The first kappa shape index (κ1) is 19.6. The van der Waals surface area contributed by atoms with Crippen LogP contribution in [0, 0.1) is 0 Å². The number of carbonyl (C=O) groups excluding carboxylic acids is 3. The van der Waals surface area contributed by atoms with Crippen molar-refractivity contribution in [3.05, 3.63) is 66.1 Å². The van der Waals surface area contributed by atoms with Crippen LogP contribution in [-0.4, -0.2) is 45.3 Å². The van der Waals surface area contributed by atoms with Gasteiger partial charge in [0.25, 0.3) is 5.91 Å². The van der Waals surface area contributed by atoms with E-state index in [4.69, 9.17) is 0 Å². The number of fused-ring (bicyclic) bond motifs is 1. The average molecular weight is 405 g/mol. The highest BCUT2D eigenvalue weighted by Crippen LogP contribution is 2.19. The molecule has 1 atom stereocenters. The molecular formula is C22H23N5O3. The minimum Gasteiger partial charge on any atom is -0.361 e. The molecule has 0 aliphatic carbocycles. The number of rotatable bonds is 8. The Morgan fingerprint density at radius 2 is 2.03 bits per heavy atom. The van der Waals surface area contributed by atoms with Crippen LogP contribution >= 0.6 is 0 Å². The van der Waals surface area contributed by atoms with Gasteiger partial charge in [-0.25, -0.2) is 4.79 Å². The Kier molecular flexibility index (Phi) is 5.74. The van der Waals surface area contributed by atoms with Gasteiger partial charge in [0.2, 0.25) is 5.91 Å². The summed E-state index contributed by atoms with van der Waals surface area (Å²) in [6.07, 6.45) is 6.27. The summed E-state index contributed by atoms with van der Waals surface area (Å²) in [6, 6.07) is 10.5. The van der Waals surface area contributed by atoms with Gasteiger partial charge in [-0.1, -0.05) is 24.3 Å². The van der Waals surface area contributed by atoms with E-state index in [0.717, 1.165) is 22.0 Å². The number of aromatic amines is 1. The van der Waals surface area contributed by atoms with Gasteiger partial charge in [0.05, 0.1) is 0 Å². The van der Waals surface area contributed by atoms with E-state index in [1.54, 1.807) is 18.5 Å². The summed E-state index contributed by atoms with van der Waals surface area (Å²) in [4.78, 5) is 45.4. The van der Waals surface area contributed by atoms with Gasteiger partial charge in [-0.3, -0.25) is 19.5 Å². The van der Waals surface area contributed by atoms with E-state index in [0.29, 0.717) is 19.5 Å². The van der Waals surface area contributed by atoms with E-state index in [-0.39, 0.29) is 24.7 Å². The molecular weight excluding hydrogens is 382 g/mol. The number of imide groups is 1. The van der Waals surface area contributed by atoms with Crippen molar-refractivity contribution in [2.75, 3.05) is 6.54 Å². The zero-order valence-electron chi connectivity index (χ0n) is 16.4. The van der Waals surface area contributed by atoms with Crippen molar-refractivity contribution in [3.8, 4) is 0 Å². The maximum Gasteiger partial charge on any atom is 0.324 e. The minimum absolute atomic E-state index is 0.160. The normalized spacial score (nSPS) is 16.1. The molecule has 8 heteroatoms. The third kappa shape index (κ3) is 4.32. The fourth-order valence-corrected chi connectivity index (χ4v) is 3.62. The number of urea groups is 1. The van der Waals surface area contributed by atoms with Crippen LogP contribution in [-0.2, 0) is 22.6 Å². The van der Waals surface area contributed by atoms with Crippen LogP contribution in [0.2, 0.25) is 0 Å². The van der Waals surface area contributed by atoms with Gasteiger partial charge in [-0.2, -0.15) is 0 Å². The number of amides is 4. The molecule has 0 spiro atoms. The zero-order valence-corrected chi connectivity index (χ0v) is 16.4. The summed E-state index contributed by atoms with van der Waals surface area (Å²) in [7, 11) is 0. The molecule has 3 N–H and O–H groups in total. The molecule has 4 rings (SSSR count). The number of aromatic nitrogens is 2. The van der Waals surface area contributed by atoms with Crippen molar-refractivity contribution in [3.63, 3.8) is 0 Å². The summed E-state index contributed by atoms with van der Waals surface area (Å²) in [5, 5.41) is 6.58. The Hall–Kier alpha value is -3.68. The predicted octanol–water partition coefficient (Wildman–Crippen LogP) is 2.12. The van der Waals surface area contributed by atoms with E-state index >= 15 is 0 Å². The molecule has 1 aliphatic rings. The third-order valence-corrected chi connectivity index (χ3v) is 5.26. The van der Waals surface area contributed by atoms with E-state index in [1.807, 2.05) is 36.5 Å². The van der Waals surface area contributed by atoms with Crippen LogP contribution in [0.1, 0.15) is 24.0 Å². The first-order valence-corrected chi connectivity index (χ1v) is 9.94. The van der Waals surface area contributed by atoms with E-state index in [2.05, 4.69) is 20.6 Å². The SMILES string of the molecule is O=C(CC[C@H]1NC(=O)N(CCc2c[nH]c3ccccc23)C1=O)NCc1cccnc1. The molecule has 154 valence electrons. The Balaban J connectivity index is 1.26. The summed E-state index contributed by atoms with van der Waals surface area (Å²) < 4.78 is 0. The maximum atomic E-state index is 12.6. The van der Waals surface area contributed by atoms with Crippen molar-refractivity contribution in [2.45, 2.75) is 31.8 Å². The molecule has 8 nitrogen and oxygen atoms in total. The topological polar surface area (TPSA) is 107 Å². The highest BCUT2D eigenvalue weighted by atomic mass is 16.2. The Bertz CT molecular complexity index is 1060. The summed E-state index contributed by atoms with van der Waals surface area (Å²) in [6.45, 7) is 0.685. The molecule has 1 aliphatic heterocycles. The summed E-state index contributed by atoms with van der Waals surface area (Å²) in [5.41, 5.74) is 2.99. The second-order valence-corrected chi connectivity index (χ2v) is 7.28. The number of H-pyrrole nitrogens is 1. The number of benzene rings is 1. The predicted molar refractivity (Wildman–Crippen MR) is 111 cm³/mol. The maximum absolute atomic E-state index is 12.6. The van der Waals surface area contributed by atoms with Gasteiger partial charge in [-0.05, 0) is 36.1 Å². The zero-order chi connectivity index (χ0) is 20.9. The van der Waals surface area contributed by atoms with Crippen molar-refractivity contribution < 1.29 is 14.4 Å². The van der Waals surface area contributed by atoms with Crippen LogP contribution in [0.15, 0.2) is 55.0 Å². The molecule has 3 aromatic rings. The number of pyridine rings is 1. The quantitative estimate of drug-likeness (QED) is 0.499. The molecule has 3 heterocycles. The van der Waals surface area contributed by atoms with Gasteiger partial charge in [0, 0.05) is 49.0 Å². The molecule has 0 saturated carbocycles. The van der Waals surface area contributed by atoms with Gasteiger partial charge < -0.3 is 15.6 Å². The van der Waals surface area contributed by atoms with Crippen molar-refractivity contribution in [1.82, 2.24) is 25.5 Å². The largest absolute Gasteiger partial charge is 0.361 e. The number of nitrogens with one attached hydrogen (secondary N) is 3. The Morgan fingerprint density at radius 1 is 1.17 bits per heavy atom. The fraction of sp³-hybridized carbons (Fsp3) is 0.273. The molecule has 0 unspecified atom stereocenters. The van der Waals surface area contributed by atoms with Crippen molar-refractivity contribution >= 4 is 28.7 Å². The average Bonchev–Trinajstić information content (AvgIpc) is 3.30. The number of nitrogens with zero attached hydrogens (tertiary/aromatic N) is 2. The van der Waals surface area contributed by atoms with Crippen LogP contribution in [0.3, 0.4) is 0 Å². The smallest absolute Gasteiger partial charge is 0.324 e. The van der Waals surface area contributed by atoms with Crippen LogP contribution < -0.4 is 10.6 Å². The summed E-state index contributed by atoms with van der Waals surface area (Å²) >= 11 is 0. The van der Waals surface area contributed by atoms with Crippen LogP contribution in [0.25, 0.3) is 10.9 Å². The van der Waals surface area contributed by atoms with E-state index in [1.165, 1.54) is 4.90 Å². The lowest BCUT2D eigenvalue weighted by Gasteiger charge is -2.12. The minimum atomic E-state index is -0.662. The first-order chi connectivity index (χ1) is 14.6. The Morgan fingerprint density at radius 3 is 2.87 bits per heavy atom. The van der Waals surface area contributed by atoms with Crippen molar-refractivity contribution in [2.24, 2.45) is 0 Å². The van der Waals surface area contributed by atoms with E-state index < -0.39 is 12.1 Å². The lowest BCUT2D eigenvalue weighted by Crippen LogP contribution is -2.33. The first-order valence-electron chi connectivity index (χ1n) is 9.94. The van der Waals surface area contributed by atoms with Gasteiger partial charge in [0.15, 0.2) is 0 Å². The van der Waals surface area contributed by atoms with Crippen LogP contribution in [0.4, 0.5) is 4.79 Å². The molecule has 1 saturated heterocycles. The molecule has 0 radical (unpaired) electrons. The van der Waals surface area contributed by atoms with Gasteiger partial charge in [-0.15, -0.1) is 0 Å². The second-order valence-electron chi connectivity index (χ2n) is 7.28. The van der Waals surface area contributed by atoms with Crippen LogP contribution in [0.5, 0.6) is 0 Å². The number of para-hydroxylation sites is 1.